The van der Waals surface area contributed by atoms with E-state index in [4.69, 9.17) is 9.47 Å². The quantitative estimate of drug-likeness (QED) is 0.698. The molecule has 1 amide bonds. The van der Waals surface area contributed by atoms with Crippen LogP contribution in [0.15, 0.2) is 53.6 Å². The van der Waals surface area contributed by atoms with E-state index in [0.717, 1.165) is 11.1 Å². The molecule has 0 fully saturated rings. The number of rotatable bonds is 3. The second kappa shape index (κ2) is 6.30. The van der Waals surface area contributed by atoms with Crippen molar-refractivity contribution in [3.05, 3.63) is 59.7 Å². The molecule has 1 atom stereocenters. The number of hydrogen-bond acceptors (Lipinski definition) is 4. The molecule has 0 saturated heterocycles. The highest BCUT2D eigenvalue weighted by Crippen LogP contribution is 2.30. The van der Waals surface area contributed by atoms with E-state index in [-0.39, 0.29) is 12.5 Å². The maximum atomic E-state index is 12.1. The lowest BCUT2D eigenvalue weighted by Gasteiger charge is -2.24. The molecule has 0 saturated carbocycles. The smallest absolute Gasteiger partial charge is 0.284 e. The summed E-state index contributed by atoms with van der Waals surface area (Å²) >= 11 is 0. The van der Waals surface area contributed by atoms with Crippen LogP contribution in [-0.4, -0.2) is 24.8 Å². The van der Waals surface area contributed by atoms with Gasteiger partial charge >= 0.3 is 0 Å². The van der Waals surface area contributed by atoms with Crippen LogP contribution in [0.1, 0.15) is 11.1 Å². The topological polar surface area (TPSA) is 59.9 Å². The molecule has 0 spiro atoms. The first-order chi connectivity index (χ1) is 10.7. The Bertz CT molecular complexity index is 713. The van der Waals surface area contributed by atoms with Gasteiger partial charge < -0.3 is 9.47 Å². The Labute approximate surface area is 128 Å². The Morgan fingerprint density at radius 3 is 2.73 bits per heavy atom. The summed E-state index contributed by atoms with van der Waals surface area (Å²) in [4.78, 5) is 12.1. The average Bonchev–Trinajstić information content (AvgIpc) is 2.56. The number of fused-ring (bicyclic) bond motifs is 1. The molecule has 0 unspecified atom stereocenters. The number of benzene rings is 2. The van der Waals surface area contributed by atoms with Crippen molar-refractivity contribution in [1.82, 2.24) is 5.43 Å². The normalized spacial score (nSPS) is 16.5. The first kappa shape index (κ1) is 14.1. The van der Waals surface area contributed by atoms with Gasteiger partial charge in [-0.3, -0.25) is 4.79 Å². The highest BCUT2D eigenvalue weighted by atomic mass is 16.6. The minimum Gasteiger partial charge on any atom is -0.485 e. The molecule has 1 aliphatic rings. The third kappa shape index (κ3) is 3.09. The van der Waals surface area contributed by atoms with Crippen molar-refractivity contribution in [2.24, 2.45) is 5.10 Å². The fourth-order valence-corrected chi connectivity index (χ4v) is 2.12. The second-order valence-corrected chi connectivity index (χ2v) is 4.96. The SMILES string of the molecule is Cc1ccccc1/C=N\NC(=O)[C@H]1COc2ccccc2O1. The maximum absolute atomic E-state index is 12.1. The third-order valence-corrected chi connectivity index (χ3v) is 3.37. The Hall–Kier alpha value is -2.82. The van der Waals surface area contributed by atoms with Gasteiger partial charge in [-0.25, -0.2) is 5.43 Å². The molecule has 3 rings (SSSR count). The monoisotopic (exact) mass is 296 g/mol. The fraction of sp³-hybridized carbons (Fsp3) is 0.176. The first-order valence-electron chi connectivity index (χ1n) is 7.01. The van der Waals surface area contributed by atoms with Crippen LogP contribution in [0.25, 0.3) is 0 Å². The minimum atomic E-state index is -0.705. The summed E-state index contributed by atoms with van der Waals surface area (Å²) in [5.74, 6) is 0.881. The van der Waals surface area contributed by atoms with Crippen molar-refractivity contribution >= 4 is 12.1 Å². The van der Waals surface area contributed by atoms with Crippen LogP contribution in [0.3, 0.4) is 0 Å². The Kier molecular flexibility index (Phi) is 4.05. The van der Waals surface area contributed by atoms with Crippen molar-refractivity contribution in [1.29, 1.82) is 0 Å². The Morgan fingerprint density at radius 1 is 1.18 bits per heavy atom. The molecule has 5 nitrogen and oxygen atoms in total. The summed E-state index contributed by atoms with van der Waals surface area (Å²) in [6.07, 6.45) is 0.911. The highest BCUT2D eigenvalue weighted by Gasteiger charge is 2.26. The number of ether oxygens (including phenoxy) is 2. The summed E-state index contributed by atoms with van der Waals surface area (Å²) in [5.41, 5.74) is 4.53. The van der Waals surface area contributed by atoms with E-state index >= 15 is 0 Å². The molecule has 1 N–H and O–H groups in total. The lowest BCUT2D eigenvalue weighted by Crippen LogP contribution is -2.42. The van der Waals surface area contributed by atoms with Gasteiger partial charge in [0.25, 0.3) is 5.91 Å². The van der Waals surface area contributed by atoms with Gasteiger partial charge in [-0.2, -0.15) is 5.10 Å². The summed E-state index contributed by atoms with van der Waals surface area (Å²) in [6.45, 7) is 2.15. The van der Waals surface area contributed by atoms with E-state index in [1.807, 2.05) is 43.3 Å². The number of hydrazone groups is 1. The number of carbonyl (C=O) groups is 1. The number of aryl methyl sites for hydroxylation is 1. The van der Waals surface area contributed by atoms with Gasteiger partial charge in [0, 0.05) is 0 Å². The predicted molar refractivity (Wildman–Crippen MR) is 83.3 cm³/mol. The van der Waals surface area contributed by atoms with Gasteiger partial charge in [0.1, 0.15) is 6.61 Å². The van der Waals surface area contributed by atoms with Crippen molar-refractivity contribution in [2.45, 2.75) is 13.0 Å². The minimum absolute atomic E-state index is 0.169. The molecule has 1 aliphatic heterocycles. The molecular formula is C17H16N2O3. The summed E-state index contributed by atoms with van der Waals surface area (Å²) in [7, 11) is 0. The average molecular weight is 296 g/mol. The molecule has 0 aliphatic carbocycles. The van der Waals surface area contributed by atoms with Crippen LogP contribution in [0, 0.1) is 6.92 Å². The number of para-hydroxylation sites is 2. The summed E-state index contributed by atoms with van der Waals surface area (Å²) in [5, 5.41) is 3.97. The van der Waals surface area contributed by atoms with Crippen LogP contribution in [-0.2, 0) is 4.79 Å². The van der Waals surface area contributed by atoms with E-state index in [1.54, 1.807) is 18.3 Å². The Morgan fingerprint density at radius 2 is 1.91 bits per heavy atom. The second-order valence-electron chi connectivity index (χ2n) is 4.96. The molecule has 0 aromatic heterocycles. The number of hydrogen-bond donors (Lipinski definition) is 1. The molecule has 5 heteroatoms. The zero-order valence-electron chi connectivity index (χ0n) is 12.2. The van der Waals surface area contributed by atoms with E-state index in [9.17, 15) is 4.79 Å². The highest BCUT2D eigenvalue weighted by molar-refractivity contribution is 5.85. The number of amides is 1. The van der Waals surface area contributed by atoms with Crippen LogP contribution < -0.4 is 14.9 Å². The number of nitrogens with one attached hydrogen (secondary N) is 1. The standard InChI is InChI=1S/C17H16N2O3/c1-12-6-2-3-7-13(12)10-18-19-17(20)16-11-21-14-8-4-5-9-15(14)22-16/h2-10,16H,11H2,1H3,(H,19,20)/b18-10-/t16-/m1/s1. The number of nitrogens with zero attached hydrogens (tertiary/aromatic N) is 1. The van der Waals surface area contributed by atoms with E-state index in [2.05, 4.69) is 10.5 Å². The maximum Gasteiger partial charge on any atom is 0.284 e. The van der Waals surface area contributed by atoms with Crippen molar-refractivity contribution < 1.29 is 14.3 Å². The zero-order chi connectivity index (χ0) is 15.4. The Balaban J connectivity index is 1.60. The van der Waals surface area contributed by atoms with Gasteiger partial charge in [-0.05, 0) is 30.2 Å². The van der Waals surface area contributed by atoms with Crippen molar-refractivity contribution in [3.63, 3.8) is 0 Å². The van der Waals surface area contributed by atoms with Crippen LogP contribution in [0.5, 0.6) is 11.5 Å². The fourth-order valence-electron chi connectivity index (χ4n) is 2.12. The molecule has 0 radical (unpaired) electrons. The van der Waals surface area contributed by atoms with E-state index in [1.165, 1.54) is 0 Å². The first-order valence-corrected chi connectivity index (χ1v) is 7.01. The largest absolute Gasteiger partial charge is 0.485 e. The molecule has 2 aromatic carbocycles. The van der Waals surface area contributed by atoms with E-state index in [0.29, 0.717) is 11.5 Å². The van der Waals surface area contributed by atoms with Crippen LogP contribution in [0.2, 0.25) is 0 Å². The lowest BCUT2D eigenvalue weighted by atomic mass is 10.1. The zero-order valence-corrected chi connectivity index (χ0v) is 12.2. The molecule has 22 heavy (non-hydrogen) atoms. The molecule has 1 heterocycles. The lowest BCUT2D eigenvalue weighted by molar-refractivity contribution is -0.130. The predicted octanol–water partition coefficient (Wildman–Crippen LogP) is 2.29. The van der Waals surface area contributed by atoms with Crippen LogP contribution >= 0.6 is 0 Å². The number of carbonyl (C=O) groups excluding carboxylic acids is 1. The molecule has 2 aromatic rings. The van der Waals surface area contributed by atoms with Gasteiger partial charge in [-0.15, -0.1) is 0 Å². The van der Waals surface area contributed by atoms with E-state index < -0.39 is 6.10 Å². The van der Waals surface area contributed by atoms with Gasteiger partial charge in [0.2, 0.25) is 6.10 Å². The third-order valence-electron chi connectivity index (χ3n) is 3.37. The molecular weight excluding hydrogens is 280 g/mol. The van der Waals surface area contributed by atoms with Crippen LogP contribution in [0.4, 0.5) is 0 Å². The summed E-state index contributed by atoms with van der Waals surface area (Å²) in [6, 6.07) is 15.1. The van der Waals surface area contributed by atoms with Gasteiger partial charge in [-0.1, -0.05) is 36.4 Å². The van der Waals surface area contributed by atoms with Gasteiger partial charge in [0.05, 0.1) is 6.21 Å². The van der Waals surface area contributed by atoms with Gasteiger partial charge in [0.15, 0.2) is 11.5 Å². The summed E-state index contributed by atoms with van der Waals surface area (Å²) < 4.78 is 11.1. The van der Waals surface area contributed by atoms with Crippen molar-refractivity contribution in [2.75, 3.05) is 6.61 Å². The molecule has 0 bridgehead atoms. The molecule has 112 valence electrons. The van der Waals surface area contributed by atoms with Crippen molar-refractivity contribution in [3.8, 4) is 11.5 Å².